The summed E-state index contributed by atoms with van der Waals surface area (Å²) in [6.45, 7) is 0. The smallest absolute Gasteiger partial charge is 0.242 e. The van der Waals surface area contributed by atoms with Crippen LogP contribution in [0.1, 0.15) is 24.0 Å². The van der Waals surface area contributed by atoms with Gasteiger partial charge in [-0.2, -0.15) is 0 Å². The van der Waals surface area contributed by atoms with Crippen molar-refractivity contribution in [3.8, 4) is 0 Å². The molecule has 0 saturated heterocycles. The van der Waals surface area contributed by atoms with Crippen molar-refractivity contribution >= 4 is 21.6 Å². The van der Waals surface area contributed by atoms with E-state index in [1.807, 2.05) is 48.5 Å². The third-order valence-corrected chi connectivity index (χ3v) is 6.48. The predicted octanol–water partition coefficient (Wildman–Crippen LogP) is 1.48. The van der Waals surface area contributed by atoms with Crippen molar-refractivity contribution in [3.05, 3.63) is 71.8 Å². The summed E-state index contributed by atoms with van der Waals surface area (Å²) in [5.41, 5.74) is 1.78. The molecular formula is C18H24O5S2. The minimum atomic E-state index is -2.26. The Morgan fingerprint density at radius 1 is 0.800 bits per heavy atom. The van der Waals surface area contributed by atoms with Crippen LogP contribution in [0, 0.1) is 0 Å². The van der Waals surface area contributed by atoms with Crippen LogP contribution in [0.4, 0.5) is 0 Å². The lowest BCUT2D eigenvalue weighted by atomic mass is 10.2. The minimum Gasteiger partial charge on any atom is -0.412 e. The van der Waals surface area contributed by atoms with Gasteiger partial charge in [0.2, 0.25) is 5.12 Å². The Labute approximate surface area is 152 Å². The van der Waals surface area contributed by atoms with Crippen LogP contribution in [0.25, 0.3) is 0 Å². The first kappa shape index (κ1) is 21.7. The van der Waals surface area contributed by atoms with Gasteiger partial charge >= 0.3 is 0 Å². The van der Waals surface area contributed by atoms with E-state index in [9.17, 15) is 18.6 Å². The molecule has 0 radical (unpaired) electrons. The molecule has 25 heavy (non-hydrogen) atoms. The average molecular weight is 385 g/mol. The lowest BCUT2D eigenvalue weighted by molar-refractivity contribution is -0.0860. The molecule has 0 aliphatic carbocycles. The van der Waals surface area contributed by atoms with Crippen molar-refractivity contribution in [2.24, 2.45) is 0 Å². The highest BCUT2D eigenvalue weighted by Gasteiger charge is 2.30. The van der Waals surface area contributed by atoms with Crippen LogP contribution in [0.5, 0.6) is 0 Å². The maximum absolute atomic E-state index is 12.1. The van der Waals surface area contributed by atoms with Gasteiger partial charge in [-0.1, -0.05) is 60.7 Å². The van der Waals surface area contributed by atoms with Crippen molar-refractivity contribution in [3.63, 3.8) is 0 Å². The molecule has 0 aliphatic heterocycles. The summed E-state index contributed by atoms with van der Waals surface area (Å²) in [5.74, 6) is 0.874. The molecule has 2 rings (SSSR count). The lowest BCUT2D eigenvalue weighted by Crippen LogP contribution is -2.35. The Morgan fingerprint density at radius 2 is 1.28 bits per heavy atom. The zero-order valence-corrected chi connectivity index (χ0v) is 15.5. The van der Waals surface area contributed by atoms with Crippen molar-refractivity contribution < 1.29 is 24.1 Å². The fourth-order valence-corrected chi connectivity index (χ4v) is 4.52. The Bertz CT molecular complexity index is 674. The topological polar surface area (TPSA) is 106 Å². The molecule has 0 aliphatic rings. The molecule has 0 aromatic heterocycles. The van der Waals surface area contributed by atoms with E-state index >= 15 is 0 Å². The SMILES string of the molecule is O.O=S(CCCC(O)(O)S(=O)Cc1ccccc1)Cc1ccccc1. The summed E-state index contributed by atoms with van der Waals surface area (Å²) >= 11 is 0. The number of benzene rings is 2. The predicted molar refractivity (Wildman–Crippen MR) is 101 cm³/mol. The van der Waals surface area contributed by atoms with Gasteiger partial charge in [-0.25, -0.2) is 0 Å². The van der Waals surface area contributed by atoms with Gasteiger partial charge in [0.05, 0.1) is 16.6 Å². The maximum atomic E-state index is 12.1. The summed E-state index contributed by atoms with van der Waals surface area (Å²) < 4.78 is 24.2. The molecule has 2 aromatic rings. The van der Waals surface area contributed by atoms with Crippen LogP contribution in [0.15, 0.2) is 60.7 Å². The van der Waals surface area contributed by atoms with Gasteiger partial charge in [-0.3, -0.25) is 8.42 Å². The highest BCUT2D eigenvalue weighted by atomic mass is 32.2. The van der Waals surface area contributed by atoms with E-state index < -0.39 is 26.7 Å². The van der Waals surface area contributed by atoms with Crippen LogP contribution in [-0.2, 0) is 33.1 Å². The molecule has 0 saturated carbocycles. The van der Waals surface area contributed by atoms with E-state index in [1.54, 1.807) is 12.1 Å². The van der Waals surface area contributed by atoms with E-state index in [1.165, 1.54) is 0 Å². The van der Waals surface area contributed by atoms with Crippen molar-refractivity contribution in [1.82, 2.24) is 0 Å². The van der Waals surface area contributed by atoms with Gasteiger partial charge in [0.1, 0.15) is 0 Å². The molecule has 2 atom stereocenters. The number of hydrogen-bond donors (Lipinski definition) is 2. The first-order valence-electron chi connectivity index (χ1n) is 7.73. The van der Waals surface area contributed by atoms with Crippen LogP contribution >= 0.6 is 0 Å². The molecule has 0 amide bonds. The molecule has 0 fully saturated rings. The largest absolute Gasteiger partial charge is 0.412 e. The second-order valence-electron chi connectivity index (χ2n) is 5.60. The number of aliphatic hydroxyl groups is 2. The fourth-order valence-electron chi connectivity index (χ4n) is 2.25. The Morgan fingerprint density at radius 3 is 1.80 bits per heavy atom. The first-order valence-corrected chi connectivity index (χ1v) is 10.5. The van der Waals surface area contributed by atoms with Gasteiger partial charge in [-0.15, -0.1) is 0 Å². The summed E-state index contributed by atoms with van der Waals surface area (Å²) in [6.07, 6.45) is 0.278. The van der Waals surface area contributed by atoms with E-state index in [0.717, 1.165) is 11.1 Å². The minimum absolute atomic E-state index is 0. The van der Waals surface area contributed by atoms with Crippen LogP contribution in [0.3, 0.4) is 0 Å². The highest BCUT2D eigenvalue weighted by Crippen LogP contribution is 2.19. The maximum Gasteiger partial charge on any atom is 0.242 e. The van der Waals surface area contributed by atoms with E-state index in [2.05, 4.69) is 0 Å². The quantitative estimate of drug-likeness (QED) is 0.639. The summed E-state index contributed by atoms with van der Waals surface area (Å²) in [4.78, 5) is 0. The molecule has 4 N–H and O–H groups in total. The lowest BCUT2D eigenvalue weighted by Gasteiger charge is -2.20. The molecule has 5 nitrogen and oxygen atoms in total. The van der Waals surface area contributed by atoms with Crippen molar-refractivity contribution in [1.29, 1.82) is 0 Å². The Hall–Kier alpha value is -1.38. The molecule has 7 heteroatoms. The number of hydrogen-bond acceptors (Lipinski definition) is 4. The second-order valence-corrected chi connectivity index (χ2v) is 8.81. The average Bonchev–Trinajstić information content (AvgIpc) is 2.56. The van der Waals surface area contributed by atoms with Gasteiger partial charge in [0.15, 0.2) is 0 Å². The van der Waals surface area contributed by atoms with Crippen molar-refractivity contribution in [2.75, 3.05) is 5.75 Å². The third kappa shape index (κ3) is 7.58. The van der Waals surface area contributed by atoms with Gasteiger partial charge in [0.25, 0.3) is 0 Å². The van der Waals surface area contributed by atoms with Crippen molar-refractivity contribution in [2.45, 2.75) is 29.5 Å². The summed E-state index contributed by atoms with van der Waals surface area (Å²) in [5, 5.41) is 17.7. The van der Waals surface area contributed by atoms with Crippen LogP contribution < -0.4 is 0 Å². The monoisotopic (exact) mass is 384 g/mol. The molecule has 2 unspecified atom stereocenters. The molecule has 0 heterocycles. The standard InChI is InChI=1S/C18H22O4S2.H2O/c19-18(20,24(22)15-17-10-5-2-6-11-17)12-7-13-23(21)14-16-8-3-1-4-9-16;/h1-6,8-11,19-20H,7,12-15H2;1H2. The van der Waals surface area contributed by atoms with E-state index in [0.29, 0.717) is 17.9 Å². The van der Waals surface area contributed by atoms with E-state index in [4.69, 9.17) is 0 Å². The Kier molecular flexibility index (Phi) is 9.16. The van der Waals surface area contributed by atoms with Gasteiger partial charge in [-0.05, 0) is 17.5 Å². The summed E-state index contributed by atoms with van der Waals surface area (Å²) in [7, 11) is -2.90. The first-order chi connectivity index (χ1) is 11.5. The zero-order valence-electron chi connectivity index (χ0n) is 13.8. The van der Waals surface area contributed by atoms with Gasteiger partial charge < -0.3 is 15.7 Å². The third-order valence-electron chi connectivity index (χ3n) is 3.55. The molecular weight excluding hydrogens is 360 g/mol. The normalized spacial score (nSPS) is 13.7. The van der Waals surface area contributed by atoms with E-state index in [-0.39, 0.29) is 17.6 Å². The Balaban J connectivity index is 0.00000312. The van der Waals surface area contributed by atoms with Crippen LogP contribution in [-0.4, -0.2) is 35.0 Å². The summed E-state index contributed by atoms with van der Waals surface area (Å²) in [6, 6.07) is 18.6. The second kappa shape index (κ2) is 10.6. The van der Waals surface area contributed by atoms with Gasteiger partial charge in [0, 0.05) is 28.7 Å². The number of rotatable bonds is 9. The zero-order chi connectivity index (χ0) is 17.4. The molecule has 0 bridgehead atoms. The van der Waals surface area contributed by atoms with Crippen LogP contribution in [0.2, 0.25) is 0 Å². The molecule has 0 spiro atoms. The highest BCUT2D eigenvalue weighted by molar-refractivity contribution is 7.85. The molecule has 2 aromatic carbocycles. The fraction of sp³-hybridized carbons (Fsp3) is 0.333. The molecule has 138 valence electrons.